The predicted octanol–water partition coefficient (Wildman–Crippen LogP) is 2.49. The third-order valence-electron chi connectivity index (χ3n) is 3.54. The standard InChI is InChI=1S/C16H21N5O/c1-2-17-15-11-16(19-12-18-15)20-13-3-5-14(6-4-13)21-7-9-22-10-8-21/h3-6,11-12H,2,7-10H2,1H3,(H2,17,18,19,20). The molecule has 0 atom stereocenters. The van der Waals surface area contributed by atoms with Crippen molar-refractivity contribution < 1.29 is 4.74 Å². The fourth-order valence-electron chi connectivity index (χ4n) is 2.43. The molecule has 116 valence electrons. The van der Waals surface area contributed by atoms with E-state index in [0.717, 1.165) is 50.2 Å². The molecule has 0 bridgehead atoms. The molecule has 1 aliphatic rings. The van der Waals surface area contributed by atoms with Gasteiger partial charge in [0.25, 0.3) is 0 Å². The van der Waals surface area contributed by atoms with Gasteiger partial charge >= 0.3 is 0 Å². The minimum Gasteiger partial charge on any atom is -0.378 e. The van der Waals surface area contributed by atoms with Crippen molar-refractivity contribution in [2.75, 3.05) is 48.4 Å². The summed E-state index contributed by atoms with van der Waals surface area (Å²) in [6.07, 6.45) is 1.56. The summed E-state index contributed by atoms with van der Waals surface area (Å²) in [7, 11) is 0. The Labute approximate surface area is 130 Å². The van der Waals surface area contributed by atoms with Gasteiger partial charge < -0.3 is 20.3 Å². The van der Waals surface area contributed by atoms with E-state index in [0.29, 0.717) is 0 Å². The molecule has 1 fully saturated rings. The molecule has 0 amide bonds. The lowest BCUT2D eigenvalue weighted by atomic mass is 10.2. The fourth-order valence-corrected chi connectivity index (χ4v) is 2.43. The summed E-state index contributed by atoms with van der Waals surface area (Å²) < 4.78 is 5.38. The van der Waals surface area contributed by atoms with Crippen molar-refractivity contribution in [2.45, 2.75) is 6.92 Å². The number of hydrogen-bond donors (Lipinski definition) is 2. The van der Waals surface area contributed by atoms with Crippen LogP contribution in [0.15, 0.2) is 36.7 Å². The molecule has 6 nitrogen and oxygen atoms in total. The van der Waals surface area contributed by atoms with E-state index in [1.54, 1.807) is 6.33 Å². The largest absolute Gasteiger partial charge is 0.378 e. The van der Waals surface area contributed by atoms with Crippen LogP contribution in [0.2, 0.25) is 0 Å². The van der Waals surface area contributed by atoms with Gasteiger partial charge in [-0.1, -0.05) is 0 Å². The number of aromatic nitrogens is 2. The van der Waals surface area contributed by atoms with Gasteiger partial charge in [0.05, 0.1) is 13.2 Å². The quantitative estimate of drug-likeness (QED) is 0.884. The zero-order valence-electron chi connectivity index (χ0n) is 12.7. The van der Waals surface area contributed by atoms with E-state index in [1.165, 1.54) is 5.69 Å². The van der Waals surface area contributed by atoms with Gasteiger partial charge in [0.15, 0.2) is 0 Å². The molecule has 2 N–H and O–H groups in total. The molecule has 0 radical (unpaired) electrons. The number of morpholine rings is 1. The zero-order chi connectivity index (χ0) is 15.2. The van der Waals surface area contributed by atoms with E-state index in [9.17, 15) is 0 Å². The van der Waals surface area contributed by atoms with Gasteiger partial charge in [-0.05, 0) is 31.2 Å². The summed E-state index contributed by atoms with van der Waals surface area (Å²) in [5.41, 5.74) is 2.24. The Kier molecular flexibility index (Phi) is 4.70. The third-order valence-corrected chi connectivity index (χ3v) is 3.54. The van der Waals surface area contributed by atoms with Crippen LogP contribution < -0.4 is 15.5 Å². The first-order chi connectivity index (χ1) is 10.8. The van der Waals surface area contributed by atoms with Crippen LogP contribution in [-0.2, 0) is 4.74 Å². The number of nitrogens with one attached hydrogen (secondary N) is 2. The highest BCUT2D eigenvalue weighted by Gasteiger charge is 2.10. The average Bonchev–Trinajstić information content (AvgIpc) is 2.57. The summed E-state index contributed by atoms with van der Waals surface area (Å²) >= 11 is 0. The van der Waals surface area contributed by atoms with E-state index in [2.05, 4.69) is 49.8 Å². The second kappa shape index (κ2) is 7.09. The molecule has 1 aromatic heterocycles. The van der Waals surface area contributed by atoms with Crippen molar-refractivity contribution in [2.24, 2.45) is 0 Å². The molecule has 0 spiro atoms. The number of rotatable bonds is 5. The van der Waals surface area contributed by atoms with E-state index in [1.807, 2.05) is 13.0 Å². The average molecular weight is 299 g/mol. The monoisotopic (exact) mass is 299 g/mol. The van der Waals surface area contributed by atoms with E-state index < -0.39 is 0 Å². The van der Waals surface area contributed by atoms with Gasteiger partial charge in [-0.25, -0.2) is 9.97 Å². The van der Waals surface area contributed by atoms with Gasteiger partial charge in [0.2, 0.25) is 0 Å². The predicted molar refractivity (Wildman–Crippen MR) is 89.0 cm³/mol. The molecule has 2 heterocycles. The van der Waals surface area contributed by atoms with E-state index >= 15 is 0 Å². The van der Waals surface area contributed by atoms with Crippen molar-refractivity contribution >= 4 is 23.0 Å². The Hall–Kier alpha value is -2.34. The molecule has 1 aromatic carbocycles. The molecular formula is C16H21N5O. The van der Waals surface area contributed by atoms with Crippen LogP contribution in [0.3, 0.4) is 0 Å². The molecule has 22 heavy (non-hydrogen) atoms. The third kappa shape index (κ3) is 3.65. The maximum absolute atomic E-state index is 5.38. The van der Waals surface area contributed by atoms with Crippen LogP contribution in [0.4, 0.5) is 23.0 Å². The highest BCUT2D eigenvalue weighted by molar-refractivity contribution is 5.62. The molecule has 1 aliphatic heterocycles. The number of nitrogens with zero attached hydrogens (tertiary/aromatic N) is 3. The minimum atomic E-state index is 0.782. The van der Waals surface area contributed by atoms with Gasteiger partial charge in [0.1, 0.15) is 18.0 Å². The van der Waals surface area contributed by atoms with E-state index in [-0.39, 0.29) is 0 Å². The van der Waals surface area contributed by atoms with Gasteiger partial charge in [-0.2, -0.15) is 0 Å². The lowest BCUT2D eigenvalue weighted by Crippen LogP contribution is -2.36. The van der Waals surface area contributed by atoms with Gasteiger partial charge in [-0.3, -0.25) is 0 Å². The summed E-state index contributed by atoms with van der Waals surface area (Å²) in [6.45, 7) is 6.38. The highest BCUT2D eigenvalue weighted by atomic mass is 16.5. The first-order valence-electron chi connectivity index (χ1n) is 7.61. The second-order valence-electron chi connectivity index (χ2n) is 5.09. The fraction of sp³-hybridized carbons (Fsp3) is 0.375. The van der Waals surface area contributed by atoms with Crippen LogP contribution >= 0.6 is 0 Å². The lowest BCUT2D eigenvalue weighted by molar-refractivity contribution is 0.122. The molecule has 0 aliphatic carbocycles. The van der Waals surface area contributed by atoms with Crippen molar-refractivity contribution in [3.63, 3.8) is 0 Å². The molecule has 3 rings (SSSR count). The van der Waals surface area contributed by atoms with Crippen LogP contribution in [0.25, 0.3) is 0 Å². The van der Waals surface area contributed by atoms with Gasteiger partial charge in [-0.15, -0.1) is 0 Å². The first-order valence-corrected chi connectivity index (χ1v) is 7.61. The molecule has 6 heteroatoms. The SMILES string of the molecule is CCNc1cc(Nc2ccc(N3CCOCC3)cc2)ncn1. The Morgan fingerprint density at radius 1 is 1.09 bits per heavy atom. The Morgan fingerprint density at radius 2 is 1.82 bits per heavy atom. The van der Waals surface area contributed by atoms with Crippen LogP contribution in [0, 0.1) is 0 Å². The van der Waals surface area contributed by atoms with Crippen LogP contribution in [-0.4, -0.2) is 42.8 Å². The summed E-state index contributed by atoms with van der Waals surface area (Å²) in [5, 5.41) is 6.47. The summed E-state index contributed by atoms with van der Waals surface area (Å²) in [6, 6.07) is 10.3. The summed E-state index contributed by atoms with van der Waals surface area (Å²) in [4.78, 5) is 10.7. The Morgan fingerprint density at radius 3 is 2.55 bits per heavy atom. The van der Waals surface area contributed by atoms with Crippen molar-refractivity contribution in [1.29, 1.82) is 0 Å². The Balaban J connectivity index is 1.66. The molecule has 2 aromatic rings. The summed E-state index contributed by atoms with van der Waals surface area (Å²) in [5.74, 6) is 1.61. The maximum atomic E-state index is 5.38. The number of benzene rings is 1. The van der Waals surface area contributed by atoms with Crippen molar-refractivity contribution in [3.8, 4) is 0 Å². The molecule has 0 unspecified atom stereocenters. The number of anilines is 4. The van der Waals surface area contributed by atoms with Crippen LogP contribution in [0.5, 0.6) is 0 Å². The Bertz CT molecular complexity index is 596. The topological polar surface area (TPSA) is 62.3 Å². The maximum Gasteiger partial charge on any atom is 0.135 e. The molecule has 1 saturated heterocycles. The van der Waals surface area contributed by atoms with Crippen molar-refractivity contribution in [3.05, 3.63) is 36.7 Å². The van der Waals surface area contributed by atoms with Crippen molar-refractivity contribution in [1.82, 2.24) is 9.97 Å². The number of hydrogen-bond acceptors (Lipinski definition) is 6. The number of ether oxygens (including phenoxy) is 1. The van der Waals surface area contributed by atoms with Crippen LogP contribution in [0.1, 0.15) is 6.92 Å². The first kappa shape index (κ1) is 14.6. The zero-order valence-corrected chi connectivity index (χ0v) is 12.7. The normalized spacial score (nSPS) is 14.7. The lowest BCUT2D eigenvalue weighted by Gasteiger charge is -2.28. The molecular weight excluding hydrogens is 278 g/mol. The smallest absolute Gasteiger partial charge is 0.135 e. The minimum absolute atomic E-state index is 0.782. The highest BCUT2D eigenvalue weighted by Crippen LogP contribution is 2.21. The van der Waals surface area contributed by atoms with Gasteiger partial charge in [0, 0.05) is 37.1 Å². The second-order valence-corrected chi connectivity index (χ2v) is 5.09. The van der Waals surface area contributed by atoms with E-state index in [4.69, 9.17) is 4.74 Å². The molecule has 0 saturated carbocycles.